The lowest BCUT2D eigenvalue weighted by Gasteiger charge is -2.32. The second-order valence-electron chi connectivity index (χ2n) is 5.02. The van der Waals surface area contributed by atoms with Gasteiger partial charge in [-0.25, -0.2) is 13.2 Å². The van der Waals surface area contributed by atoms with Crippen molar-refractivity contribution in [3.8, 4) is 0 Å². The first-order chi connectivity index (χ1) is 8.94. The van der Waals surface area contributed by atoms with Crippen LogP contribution in [0.1, 0.15) is 19.8 Å². The standard InChI is InChI=1S/C13H15F3N2O/c1-13(5-2-6-17-7-13)12(19)18-9-4-3-8(14)10(15)11(9)16/h3-4,17H,2,5-7H2,1H3,(H,18,19). The molecule has 0 radical (unpaired) electrons. The third-order valence-corrected chi connectivity index (χ3v) is 3.43. The van der Waals surface area contributed by atoms with Gasteiger partial charge in [0.1, 0.15) is 0 Å². The lowest BCUT2D eigenvalue weighted by molar-refractivity contribution is -0.125. The summed E-state index contributed by atoms with van der Waals surface area (Å²) in [5, 5.41) is 5.42. The van der Waals surface area contributed by atoms with Crippen LogP contribution in [-0.4, -0.2) is 19.0 Å². The molecule has 1 heterocycles. The number of amides is 1. The molecule has 2 rings (SSSR count). The van der Waals surface area contributed by atoms with Crippen LogP contribution in [0.15, 0.2) is 12.1 Å². The van der Waals surface area contributed by atoms with Crippen molar-refractivity contribution in [1.82, 2.24) is 5.32 Å². The first-order valence-electron chi connectivity index (χ1n) is 6.10. The van der Waals surface area contributed by atoms with Gasteiger partial charge in [-0.2, -0.15) is 0 Å². The average molecular weight is 272 g/mol. The van der Waals surface area contributed by atoms with Crippen LogP contribution in [0.3, 0.4) is 0 Å². The zero-order valence-electron chi connectivity index (χ0n) is 10.5. The Morgan fingerprint density at radius 2 is 2.05 bits per heavy atom. The summed E-state index contributed by atoms with van der Waals surface area (Å²) in [5.74, 6) is -4.63. The zero-order valence-corrected chi connectivity index (χ0v) is 10.5. The lowest BCUT2D eigenvalue weighted by Crippen LogP contribution is -2.46. The highest BCUT2D eigenvalue weighted by atomic mass is 19.2. The molecule has 1 fully saturated rings. The molecule has 1 aromatic rings. The van der Waals surface area contributed by atoms with Crippen LogP contribution in [0.5, 0.6) is 0 Å². The largest absolute Gasteiger partial charge is 0.323 e. The minimum atomic E-state index is -1.58. The summed E-state index contributed by atoms with van der Waals surface area (Å²) in [7, 11) is 0. The summed E-state index contributed by atoms with van der Waals surface area (Å²) >= 11 is 0. The predicted octanol–water partition coefficient (Wildman–Crippen LogP) is 2.43. The highest BCUT2D eigenvalue weighted by Gasteiger charge is 2.35. The molecule has 0 aliphatic carbocycles. The number of piperidine rings is 1. The van der Waals surface area contributed by atoms with Gasteiger partial charge in [-0.3, -0.25) is 4.79 Å². The second-order valence-corrected chi connectivity index (χ2v) is 5.02. The minimum absolute atomic E-state index is 0.337. The number of halogens is 3. The van der Waals surface area contributed by atoms with Crippen molar-refractivity contribution >= 4 is 11.6 Å². The topological polar surface area (TPSA) is 41.1 Å². The van der Waals surface area contributed by atoms with Crippen LogP contribution < -0.4 is 10.6 Å². The monoisotopic (exact) mass is 272 g/mol. The molecule has 1 unspecified atom stereocenters. The number of hydrogen-bond donors (Lipinski definition) is 2. The Balaban J connectivity index is 2.17. The first kappa shape index (κ1) is 13.9. The molecular formula is C13H15F3N2O. The molecule has 6 heteroatoms. The van der Waals surface area contributed by atoms with E-state index in [-0.39, 0.29) is 5.69 Å². The number of benzene rings is 1. The number of carbonyl (C=O) groups is 1. The van der Waals surface area contributed by atoms with Gasteiger partial charge in [0.05, 0.1) is 11.1 Å². The summed E-state index contributed by atoms with van der Waals surface area (Å²) in [6.07, 6.45) is 1.50. The van der Waals surface area contributed by atoms with Crippen LogP contribution in [0.25, 0.3) is 0 Å². The molecule has 2 N–H and O–H groups in total. The van der Waals surface area contributed by atoms with Crippen molar-refractivity contribution in [3.63, 3.8) is 0 Å². The van der Waals surface area contributed by atoms with E-state index >= 15 is 0 Å². The highest BCUT2D eigenvalue weighted by Crippen LogP contribution is 2.28. The second kappa shape index (κ2) is 5.21. The van der Waals surface area contributed by atoms with Gasteiger partial charge in [-0.1, -0.05) is 0 Å². The summed E-state index contributed by atoms with van der Waals surface area (Å²) in [6.45, 7) is 3.07. The van der Waals surface area contributed by atoms with Gasteiger partial charge in [-0.05, 0) is 38.4 Å². The van der Waals surface area contributed by atoms with Gasteiger partial charge < -0.3 is 10.6 Å². The molecule has 1 amide bonds. The number of anilines is 1. The molecule has 1 aliphatic rings. The van der Waals surface area contributed by atoms with Gasteiger partial charge in [0.25, 0.3) is 0 Å². The third-order valence-electron chi connectivity index (χ3n) is 3.43. The van der Waals surface area contributed by atoms with Crippen molar-refractivity contribution in [3.05, 3.63) is 29.6 Å². The predicted molar refractivity (Wildman–Crippen MR) is 65.2 cm³/mol. The molecule has 1 atom stereocenters. The highest BCUT2D eigenvalue weighted by molar-refractivity contribution is 5.95. The number of hydrogen-bond acceptors (Lipinski definition) is 2. The maximum Gasteiger partial charge on any atom is 0.231 e. The van der Waals surface area contributed by atoms with Crippen LogP contribution in [0.4, 0.5) is 18.9 Å². The van der Waals surface area contributed by atoms with E-state index in [1.807, 2.05) is 0 Å². The van der Waals surface area contributed by atoms with Crippen molar-refractivity contribution < 1.29 is 18.0 Å². The number of nitrogens with one attached hydrogen (secondary N) is 2. The maximum atomic E-state index is 13.5. The molecular weight excluding hydrogens is 257 g/mol. The van der Waals surface area contributed by atoms with Crippen LogP contribution in [0, 0.1) is 22.9 Å². The summed E-state index contributed by atoms with van der Waals surface area (Å²) < 4.78 is 39.3. The van der Waals surface area contributed by atoms with Crippen LogP contribution in [-0.2, 0) is 4.79 Å². The Morgan fingerprint density at radius 1 is 1.32 bits per heavy atom. The molecule has 3 nitrogen and oxygen atoms in total. The molecule has 1 saturated heterocycles. The normalized spacial score (nSPS) is 23.2. The molecule has 0 aromatic heterocycles. The Kier molecular flexibility index (Phi) is 3.80. The Morgan fingerprint density at radius 3 is 2.68 bits per heavy atom. The van der Waals surface area contributed by atoms with Crippen LogP contribution in [0.2, 0.25) is 0 Å². The Hall–Kier alpha value is -1.56. The van der Waals surface area contributed by atoms with E-state index in [4.69, 9.17) is 0 Å². The molecule has 1 aromatic carbocycles. The SMILES string of the molecule is CC1(C(=O)Nc2ccc(F)c(F)c2F)CCCNC1. The Bertz CT molecular complexity index is 499. The van der Waals surface area contributed by atoms with Gasteiger partial charge in [0.2, 0.25) is 5.91 Å². The summed E-state index contributed by atoms with van der Waals surface area (Å²) in [6, 6.07) is 1.81. The first-order valence-corrected chi connectivity index (χ1v) is 6.10. The average Bonchev–Trinajstić information content (AvgIpc) is 2.40. The fraction of sp³-hybridized carbons (Fsp3) is 0.462. The minimum Gasteiger partial charge on any atom is -0.323 e. The fourth-order valence-corrected chi connectivity index (χ4v) is 2.15. The van der Waals surface area contributed by atoms with Gasteiger partial charge in [0.15, 0.2) is 17.5 Å². The van der Waals surface area contributed by atoms with E-state index in [2.05, 4.69) is 10.6 Å². The van der Waals surface area contributed by atoms with E-state index in [9.17, 15) is 18.0 Å². The van der Waals surface area contributed by atoms with E-state index in [1.165, 1.54) is 0 Å². The number of rotatable bonds is 2. The lowest BCUT2D eigenvalue weighted by atomic mass is 9.82. The number of carbonyl (C=O) groups excluding carboxylic acids is 1. The van der Waals surface area contributed by atoms with E-state index in [0.29, 0.717) is 13.0 Å². The van der Waals surface area contributed by atoms with Gasteiger partial charge >= 0.3 is 0 Å². The molecule has 19 heavy (non-hydrogen) atoms. The van der Waals surface area contributed by atoms with E-state index < -0.39 is 28.8 Å². The quantitative estimate of drug-likeness (QED) is 0.812. The van der Waals surface area contributed by atoms with E-state index in [1.54, 1.807) is 6.92 Å². The third kappa shape index (κ3) is 2.73. The summed E-state index contributed by atoms with van der Waals surface area (Å²) in [4.78, 5) is 12.1. The van der Waals surface area contributed by atoms with Crippen molar-refractivity contribution in [2.75, 3.05) is 18.4 Å². The molecule has 0 bridgehead atoms. The fourth-order valence-electron chi connectivity index (χ4n) is 2.15. The summed E-state index contributed by atoms with van der Waals surface area (Å²) in [5.41, 5.74) is -1.01. The maximum absolute atomic E-state index is 13.5. The van der Waals surface area contributed by atoms with Crippen molar-refractivity contribution in [1.29, 1.82) is 0 Å². The van der Waals surface area contributed by atoms with Crippen molar-refractivity contribution in [2.45, 2.75) is 19.8 Å². The smallest absolute Gasteiger partial charge is 0.231 e. The molecule has 1 aliphatic heterocycles. The van der Waals surface area contributed by atoms with Gasteiger partial charge in [0, 0.05) is 6.54 Å². The van der Waals surface area contributed by atoms with Crippen molar-refractivity contribution in [2.24, 2.45) is 5.41 Å². The molecule has 0 saturated carbocycles. The molecule has 104 valence electrons. The van der Waals surface area contributed by atoms with Crippen LogP contribution >= 0.6 is 0 Å². The van der Waals surface area contributed by atoms with E-state index in [0.717, 1.165) is 25.1 Å². The van der Waals surface area contributed by atoms with Gasteiger partial charge in [-0.15, -0.1) is 0 Å². The zero-order chi connectivity index (χ0) is 14.0. The molecule has 0 spiro atoms. The Labute approximate surface area is 109 Å².